The summed E-state index contributed by atoms with van der Waals surface area (Å²) in [6.45, 7) is 0.0227. The van der Waals surface area contributed by atoms with Gasteiger partial charge in [-0.3, -0.25) is 9.59 Å². The first kappa shape index (κ1) is 19.1. The van der Waals surface area contributed by atoms with Crippen molar-refractivity contribution in [3.8, 4) is 17.4 Å². The molecule has 8 heteroatoms. The topological polar surface area (TPSA) is 81.0 Å². The minimum Gasteiger partial charge on any atom is -0.489 e. The molecule has 1 aliphatic heterocycles. The first-order valence-corrected chi connectivity index (χ1v) is 9.64. The van der Waals surface area contributed by atoms with Crippen LogP contribution >= 0.6 is 15.9 Å². The maximum absolute atomic E-state index is 12.7. The van der Waals surface area contributed by atoms with E-state index in [0.717, 1.165) is 4.47 Å². The molecule has 3 aromatic rings. The van der Waals surface area contributed by atoms with E-state index in [1.807, 2.05) is 24.3 Å². The van der Waals surface area contributed by atoms with Gasteiger partial charge in [-0.05, 0) is 42.5 Å². The van der Waals surface area contributed by atoms with E-state index in [0.29, 0.717) is 17.2 Å². The zero-order valence-electron chi connectivity index (χ0n) is 15.4. The number of furan rings is 1. The molecule has 2 aromatic carbocycles. The monoisotopic (exact) mass is 456 g/mol. The zero-order chi connectivity index (χ0) is 20.4. The van der Waals surface area contributed by atoms with E-state index >= 15 is 0 Å². The van der Waals surface area contributed by atoms with E-state index < -0.39 is 11.9 Å². The van der Waals surface area contributed by atoms with Gasteiger partial charge in [-0.25, -0.2) is 0 Å². The Bertz CT molecular complexity index is 1050. The van der Waals surface area contributed by atoms with Gasteiger partial charge < -0.3 is 24.1 Å². The van der Waals surface area contributed by atoms with Crippen molar-refractivity contribution < 1.29 is 23.5 Å². The number of fused-ring (bicyclic) bond motifs is 1. The van der Waals surface area contributed by atoms with Crippen molar-refractivity contribution in [1.82, 2.24) is 5.32 Å². The van der Waals surface area contributed by atoms with Gasteiger partial charge in [-0.2, -0.15) is 0 Å². The number of halogens is 1. The lowest BCUT2D eigenvalue weighted by Gasteiger charge is -2.19. The molecule has 1 N–H and O–H groups in total. The van der Waals surface area contributed by atoms with Crippen molar-refractivity contribution in [2.24, 2.45) is 0 Å². The minimum absolute atomic E-state index is 0.0227. The number of amides is 2. The number of hydrogen-bond donors (Lipinski definition) is 1. The van der Waals surface area contributed by atoms with Crippen LogP contribution in [0.4, 0.5) is 5.69 Å². The van der Waals surface area contributed by atoms with Crippen LogP contribution in [-0.4, -0.2) is 31.5 Å². The highest BCUT2D eigenvalue weighted by Gasteiger charge is 2.31. The van der Waals surface area contributed by atoms with Gasteiger partial charge >= 0.3 is 0 Å². The third kappa shape index (κ3) is 4.12. The average Bonchev–Trinajstić information content (AvgIpc) is 3.16. The maximum atomic E-state index is 12.7. The van der Waals surface area contributed by atoms with E-state index in [-0.39, 0.29) is 24.2 Å². The van der Waals surface area contributed by atoms with Crippen LogP contribution in [0.2, 0.25) is 0 Å². The highest BCUT2D eigenvalue weighted by molar-refractivity contribution is 9.10. The van der Waals surface area contributed by atoms with E-state index in [9.17, 15) is 9.59 Å². The van der Waals surface area contributed by atoms with Gasteiger partial charge in [0.2, 0.25) is 0 Å². The molecule has 0 spiro atoms. The molecule has 2 amide bonds. The molecule has 1 atom stereocenters. The van der Waals surface area contributed by atoms with Crippen molar-refractivity contribution in [3.05, 3.63) is 70.9 Å². The third-order valence-corrected chi connectivity index (χ3v) is 4.93. The number of carbonyl (C=O) groups excluding carboxylic acids is 2. The maximum Gasteiger partial charge on any atom is 0.290 e. The molecule has 0 bridgehead atoms. The van der Waals surface area contributed by atoms with Gasteiger partial charge in [-0.1, -0.05) is 28.1 Å². The number of rotatable bonds is 4. The number of likely N-dealkylation sites (N-methyl/N-ethyl adjacent to an activating group) is 1. The van der Waals surface area contributed by atoms with Gasteiger partial charge in [0.05, 0.1) is 5.69 Å². The van der Waals surface area contributed by atoms with Crippen LogP contribution in [0, 0.1) is 0 Å². The normalized spacial score (nSPS) is 15.9. The standard InChI is InChI=1S/C21H17BrN2O5/c1-24-16-4-2-3-5-17(16)27-12-15(21(24)26)23-20(25)18-10-11-19(29-18)28-14-8-6-13(22)7-9-14/h2-11,15H,12H2,1H3,(H,23,25). The lowest BCUT2D eigenvalue weighted by atomic mass is 10.2. The number of nitrogens with zero attached hydrogens (tertiary/aromatic N) is 1. The zero-order valence-corrected chi connectivity index (χ0v) is 17.0. The summed E-state index contributed by atoms with van der Waals surface area (Å²) in [4.78, 5) is 26.8. The van der Waals surface area contributed by atoms with E-state index in [1.165, 1.54) is 11.0 Å². The summed E-state index contributed by atoms with van der Waals surface area (Å²) in [5.74, 6) is 0.558. The van der Waals surface area contributed by atoms with E-state index in [2.05, 4.69) is 21.2 Å². The fraction of sp³-hybridized carbons (Fsp3) is 0.143. The predicted molar refractivity (Wildman–Crippen MR) is 110 cm³/mol. The van der Waals surface area contributed by atoms with Crippen LogP contribution in [0.15, 0.2) is 69.6 Å². The number of hydrogen-bond acceptors (Lipinski definition) is 5. The van der Waals surface area contributed by atoms with Crippen LogP contribution in [0.25, 0.3) is 0 Å². The number of para-hydroxylation sites is 2. The Morgan fingerprint density at radius 2 is 1.90 bits per heavy atom. The smallest absolute Gasteiger partial charge is 0.290 e. The van der Waals surface area contributed by atoms with Crippen LogP contribution in [-0.2, 0) is 4.79 Å². The van der Waals surface area contributed by atoms with Crippen molar-refractivity contribution in [2.75, 3.05) is 18.6 Å². The number of carbonyl (C=O) groups is 2. The molecule has 2 heterocycles. The summed E-state index contributed by atoms with van der Waals surface area (Å²) in [6, 6.07) is 16.6. The molecule has 1 aromatic heterocycles. The molecular weight excluding hydrogens is 440 g/mol. The SMILES string of the molecule is CN1C(=O)C(NC(=O)c2ccc(Oc3ccc(Br)cc3)o2)COc2ccccc21. The Balaban J connectivity index is 1.44. The average molecular weight is 457 g/mol. The molecule has 0 saturated carbocycles. The number of benzene rings is 2. The lowest BCUT2D eigenvalue weighted by Crippen LogP contribution is -2.49. The summed E-state index contributed by atoms with van der Waals surface area (Å²) < 4.78 is 17.7. The molecule has 29 heavy (non-hydrogen) atoms. The molecule has 0 radical (unpaired) electrons. The first-order chi connectivity index (χ1) is 14.0. The fourth-order valence-electron chi connectivity index (χ4n) is 2.90. The quantitative estimate of drug-likeness (QED) is 0.641. The summed E-state index contributed by atoms with van der Waals surface area (Å²) >= 11 is 3.35. The van der Waals surface area contributed by atoms with Crippen molar-refractivity contribution in [1.29, 1.82) is 0 Å². The Hall–Kier alpha value is -3.26. The molecular formula is C21H17BrN2O5. The Morgan fingerprint density at radius 1 is 1.14 bits per heavy atom. The summed E-state index contributed by atoms with van der Waals surface area (Å²) in [5, 5.41) is 2.66. The van der Waals surface area contributed by atoms with Gasteiger partial charge in [-0.15, -0.1) is 0 Å². The number of nitrogens with one attached hydrogen (secondary N) is 1. The summed E-state index contributed by atoms with van der Waals surface area (Å²) in [6.07, 6.45) is 0. The Kier molecular flexibility index (Phi) is 5.26. The molecule has 0 fully saturated rings. The molecule has 0 aliphatic carbocycles. The highest BCUT2D eigenvalue weighted by atomic mass is 79.9. The largest absolute Gasteiger partial charge is 0.489 e. The second kappa shape index (κ2) is 8.00. The van der Waals surface area contributed by atoms with Crippen LogP contribution in [0.1, 0.15) is 10.6 Å². The van der Waals surface area contributed by atoms with Gasteiger partial charge in [0.15, 0.2) is 5.76 Å². The second-order valence-corrected chi connectivity index (χ2v) is 7.29. The van der Waals surface area contributed by atoms with Crippen molar-refractivity contribution in [3.63, 3.8) is 0 Å². The van der Waals surface area contributed by atoms with Gasteiger partial charge in [0, 0.05) is 17.6 Å². The Labute approximate surface area is 175 Å². The lowest BCUT2D eigenvalue weighted by molar-refractivity contribution is -0.120. The van der Waals surface area contributed by atoms with E-state index in [1.54, 1.807) is 37.4 Å². The van der Waals surface area contributed by atoms with Crippen LogP contribution in [0.3, 0.4) is 0 Å². The fourth-order valence-corrected chi connectivity index (χ4v) is 3.17. The molecule has 0 saturated heterocycles. The van der Waals surface area contributed by atoms with E-state index in [4.69, 9.17) is 13.9 Å². The molecule has 1 aliphatic rings. The van der Waals surface area contributed by atoms with Crippen molar-refractivity contribution >= 4 is 33.4 Å². The Morgan fingerprint density at radius 3 is 2.69 bits per heavy atom. The highest BCUT2D eigenvalue weighted by Crippen LogP contribution is 2.30. The minimum atomic E-state index is -0.846. The molecule has 148 valence electrons. The van der Waals surface area contributed by atoms with Crippen LogP contribution < -0.4 is 19.7 Å². The van der Waals surface area contributed by atoms with Gasteiger partial charge in [0.25, 0.3) is 17.8 Å². The molecule has 1 unspecified atom stereocenters. The van der Waals surface area contributed by atoms with Crippen LogP contribution in [0.5, 0.6) is 17.4 Å². The number of ether oxygens (including phenoxy) is 2. The third-order valence-electron chi connectivity index (χ3n) is 4.40. The molecule has 4 rings (SSSR count). The predicted octanol–water partition coefficient (Wildman–Crippen LogP) is 3.99. The summed E-state index contributed by atoms with van der Waals surface area (Å²) in [5.41, 5.74) is 0.650. The first-order valence-electron chi connectivity index (χ1n) is 8.85. The van der Waals surface area contributed by atoms with Gasteiger partial charge in [0.1, 0.15) is 24.1 Å². The summed E-state index contributed by atoms with van der Waals surface area (Å²) in [7, 11) is 1.64. The number of anilines is 1. The second-order valence-electron chi connectivity index (χ2n) is 6.38. The van der Waals surface area contributed by atoms with Crippen molar-refractivity contribution in [2.45, 2.75) is 6.04 Å². The molecule has 7 nitrogen and oxygen atoms in total.